The third kappa shape index (κ3) is 3.34. The summed E-state index contributed by atoms with van der Waals surface area (Å²) >= 11 is 11.3. The fraction of sp³-hybridized carbons (Fsp3) is 0.333. The van der Waals surface area contributed by atoms with E-state index >= 15 is 0 Å². The van der Waals surface area contributed by atoms with Crippen molar-refractivity contribution in [2.24, 2.45) is 0 Å². The number of rotatable bonds is 3. The summed E-state index contributed by atoms with van der Waals surface area (Å²) in [7, 11) is -3.48. The van der Waals surface area contributed by atoms with Crippen LogP contribution in [0.25, 0.3) is 0 Å². The van der Waals surface area contributed by atoms with Crippen LogP contribution in [0, 0.1) is 0 Å². The standard InChI is InChI=1S/C9H10Cl2O3S/c1-15(13,14)9(11)8(12)6-2-4-7(10)5-3-6/h2-5,8-9,12H,1H3. The smallest absolute Gasteiger partial charge is 0.167 e. The van der Waals surface area contributed by atoms with Crippen molar-refractivity contribution >= 4 is 33.0 Å². The number of aliphatic hydroxyl groups excluding tert-OH is 1. The number of hydrogen-bond donors (Lipinski definition) is 1. The van der Waals surface area contributed by atoms with Crippen molar-refractivity contribution in [2.45, 2.75) is 10.8 Å². The second kappa shape index (κ2) is 4.70. The first kappa shape index (κ1) is 12.8. The van der Waals surface area contributed by atoms with E-state index < -0.39 is 20.7 Å². The van der Waals surface area contributed by atoms with Gasteiger partial charge in [-0.2, -0.15) is 0 Å². The van der Waals surface area contributed by atoms with E-state index in [1.54, 1.807) is 12.1 Å². The molecule has 0 bridgehead atoms. The molecular weight excluding hydrogens is 259 g/mol. The lowest BCUT2D eigenvalue weighted by atomic mass is 10.1. The Kier molecular flexibility index (Phi) is 4.00. The monoisotopic (exact) mass is 268 g/mol. The molecule has 3 nitrogen and oxygen atoms in total. The maximum atomic E-state index is 11.1. The van der Waals surface area contributed by atoms with E-state index in [2.05, 4.69) is 0 Å². The Bertz CT molecular complexity index is 427. The molecule has 15 heavy (non-hydrogen) atoms. The third-order valence-corrected chi connectivity index (χ3v) is 4.41. The zero-order valence-corrected chi connectivity index (χ0v) is 10.2. The average Bonchev–Trinajstić information content (AvgIpc) is 2.15. The summed E-state index contributed by atoms with van der Waals surface area (Å²) in [5.74, 6) is 0. The van der Waals surface area contributed by atoms with Crippen molar-refractivity contribution in [1.82, 2.24) is 0 Å². The molecule has 1 rings (SSSR count). The van der Waals surface area contributed by atoms with Gasteiger partial charge in [-0.05, 0) is 17.7 Å². The molecule has 2 unspecified atom stereocenters. The zero-order chi connectivity index (χ0) is 11.6. The predicted molar refractivity (Wildman–Crippen MR) is 60.9 cm³/mol. The largest absolute Gasteiger partial charge is 0.386 e. The van der Waals surface area contributed by atoms with Crippen molar-refractivity contribution in [3.8, 4) is 0 Å². The van der Waals surface area contributed by atoms with Gasteiger partial charge in [0.1, 0.15) is 6.10 Å². The number of hydrogen-bond acceptors (Lipinski definition) is 3. The molecule has 0 fully saturated rings. The normalized spacial score (nSPS) is 16.0. The molecule has 0 heterocycles. The lowest BCUT2D eigenvalue weighted by Crippen LogP contribution is -2.21. The van der Waals surface area contributed by atoms with E-state index in [4.69, 9.17) is 23.2 Å². The van der Waals surface area contributed by atoms with Crippen LogP contribution in [0.4, 0.5) is 0 Å². The molecule has 0 aliphatic carbocycles. The highest BCUT2D eigenvalue weighted by Gasteiger charge is 2.27. The van der Waals surface area contributed by atoms with Gasteiger partial charge in [-0.3, -0.25) is 0 Å². The molecule has 0 saturated carbocycles. The molecule has 1 N–H and O–H groups in total. The van der Waals surface area contributed by atoms with Crippen LogP contribution in [0.3, 0.4) is 0 Å². The Hall–Kier alpha value is -0.290. The van der Waals surface area contributed by atoms with E-state index in [-0.39, 0.29) is 0 Å². The van der Waals surface area contributed by atoms with Crippen LogP contribution in [0.2, 0.25) is 5.02 Å². The maximum Gasteiger partial charge on any atom is 0.167 e. The number of sulfone groups is 1. The Morgan fingerprint density at radius 2 is 1.73 bits per heavy atom. The van der Waals surface area contributed by atoms with E-state index in [1.165, 1.54) is 12.1 Å². The minimum Gasteiger partial charge on any atom is -0.386 e. The molecule has 6 heteroatoms. The summed E-state index contributed by atoms with van der Waals surface area (Å²) in [6, 6.07) is 6.19. The zero-order valence-electron chi connectivity index (χ0n) is 7.89. The number of halogens is 2. The molecule has 0 aliphatic rings. The minimum atomic E-state index is -3.48. The van der Waals surface area contributed by atoms with Crippen molar-refractivity contribution in [3.05, 3.63) is 34.9 Å². The molecule has 0 amide bonds. The van der Waals surface area contributed by atoms with Crippen LogP contribution in [0.15, 0.2) is 24.3 Å². The SMILES string of the molecule is CS(=O)(=O)C(Cl)C(O)c1ccc(Cl)cc1. The van der Waals surface area contributed by atoms with Crippen LogP contribution < -0.4 is 0 Å². The quantitative estimate of drug-likeness (QED) is 0.854. The van der Waals surface area contributed by atoms with Gasteiger partial charge in [0, 0.05) is 11.3 Å². The second-order valence-electron chi connectivity index (χ2n) is 3.18. The molecule has 84 valence electrons. The second-order valence-corrected chi connectivity index (χ2v) is 6.51. The molecule has 0 saturated heterocycles. The van der Waals surface area contributed by atoms with Crippen LogP contribution in [-0.4, -0.2) is 24.5 Å². The third-order valence-electron chi connectivity index (χ3n) is 1.87. The molecule has 2 atom stereocenters. The van der Waals surface area contributed by atoms with Crippen LogP contribution in [0.5, 0.6) is 0 Å². The lowest BCUT2D eigenvalue weighted by molar-refractivity contribution is 0.192. The predicted octanol–water partition coefficient (Wildman–Crippen LogP) is 1.98. The topological polar surface area (TPSA) is 54.4 Å². The fourth-order valence-corrected chi connectivity index (χ4v) is 1.94. The molecule has 0 spiro atoms. The Labute approximate surface area is 98.6 Å². The van der Waals surface area contributed by atoms with Gasteiger partial charge >= 0.3 is 0 Å². The van der Waals surface area contributed by atoms with E-state index in [0.29, 0.717) is 10.6 Å². The van der Waals surface area contributed by atoms with Crippen molar-refractivity contribution in [2.75, 3.05) is 6.26 Å². The van der Waals surface area contributed by atoms with Gasteiger partial charge in [-0.1, -0.05) is 23.7 Å². The Morgan fingerprint density at radius 3 is 2.13 bits per heavy atom. The highest BCUT2D eigenvalue weighted by Crippen LogP contribution is 2.25. The maximum absolute atomic E-state index is 11.1. The van der Waals surface area contributed by atoms with Gasteiger partial charge in [-0.25, -0.2) is 8.42 Å². The van der Waals surface area contributed by atoms with Crippen LogP contribution in [0.1, 0.15) is 11.7 Å². The van der Waals surface area contributed by atoms with E-state index in [1.807, 2.05) is 0 Å². The Morgan fingerprint density at radius 1 is 1.27 bits per heavy atom. The highest BCUT2D eigenvalue weighted by molar-refractivity contribution is 7.92. The van der Waals surface area contributed by atoms with Crippen molar-refractivity contribution in [1.29, 1.82) is 0 Å². The average molecular weight is 269 g/mol. The number of aliphatic hydroxyl groups is 1. The summed E-state index contributed by atoms with van der Waals surface area (Å²) in [5, 5.41) is 10.2. The van der Waals surface area contributed by atoms with E-state index in [9.17, 15) is 13.5 Å². The minimum absolute atomic E-state index is 0.421. The first-order valence-corrected chi connectivity index (χ1v) is 6.86. The van der Waals surface area contributed by atoms with Gasteiger partial charge in [0.15, 0.2) is 14.5 Å². The summed E-state index contributed by atoms with van der Waals surface area (Å²) < 4.78 is 20.8. The molecule has 0 aromatic heterocycles. The van der Waals surface area contributed by atoms with Gasteiger partial charge < -0.3 is 5.11 Å². The van der Waals surface area contributed by atoms with Gasteiger partial charge in [0.05, 0.1) is 0 Å². The summed E-state index contributed by atoms with van der Waals surface area (Å²) in [5.41, 5.74) is 0.421. The molecule has 1 aromatic rings. The first-order chi connectivity index (χ1) is 6.82. The molecule has 1 aromatic carbocycles. The number of benzene rings is 1. The highest BCUT2D eigenvalue weighted by atomic mass is 35.5. The lowest BCUT2D eigenvalue weighted by Gasteiger charge is -2.15. The molecule has 0 aliphatic heterocycles. The van der Waals surface area contributed by atoms with Gasteiger partial charge in [0.2, 0.25) is 0 Å². The fourth-order valence-electron chi connectivity index (χ4n) is 1.05. The summed E-state index contributed by atoms with van der Waals surface area (Å²) in [4.78, 5) is 0. The van der Waals surface area contributed by atoms with Gasteiger partial charge in [0.25, 0.3) is 0 Å². The van der Waals surface area contributed by atoms with Crippen molar-refractivity contribution < 1.29 is 13.5 Å². The van der Waals surface area contributed by atoms with Crippen molar-refractivity contribution in [3.63, 3.8) is 0 Å². The van der Waals surface area contributed by atoms with E-state index in [0.717, 1.165) is 6.26 Å². The Balaban J connectivity index is 2.95. The first-order valence-electron chi connectivity index (χ1n) is 4.09. The van der Waals surface area contributed by atoms with Crippen LogP contribution in [-0.2, 0) is 9.84 Å². The molecular formula is C9H10Cl2O3S. The number of alkyl halides is 1. The van der Waals surface area contributed by atoms with Crippen LogP contribution >= 0.6 is 23.2 Å². The van der Waals surface area contributed by atoms with Gasteiger partial charge in [-0.15, -0.1) is 11.6 Å². The summed E-state index contributed by atoms with van der Waals surface area (Å²) in [6.07, 6.45) is -0.275. The molecule has 0 radical (unpaired) electrons. The summed E-state index contributed by atoms with van der Waals surface area (Å²) in [6.45, 7) is 0.